The lowest BCUT2D eigenvalue weighted by molar-refractivity contribution is -0.141. The number of Topliss-reactive ketones (excluding diaryl/α,β-unsaturated/α-hetero) is 1. The zero-order valence-corrected chi connectivity index (χ0v) is 51.3. The van der Waals surface area contributed by atoms with Crippen molar-refractivity contribution in [3.63, 3.8) is 0 Å². The number of ketones is 1. The molecule has 0 aliphatic carbocycles. The fourth-order valence-electron chi connectivity index (χ4n) is 9.07. The van der Waals surface area contributed by atoms with E-state index in [-0.39, 0.29) is 100 Å². The summed E-state index contributed by atoms with van der Waals surface area (Å²) in [5, 5.41) is 40.8. The molecule has 6 N–H and O–H groups in total. The first-order valence-electron chi connectivity index (χ1n) is 28.3. The van der Waals surface area contributed by atoms with Crippen LogP contribution in [-0.2, 0) is 19.7 Å². The number of carboxylic acids is 1. The Hall–Kier alpha value is -9.37. The summed E-state index contributed by atoms with van der Waals surface area (Å²) in [6.45, 7) is 19.5. The van der Waals surface area contributed by atoms with E-state index in [0.717, 1.165) is 43.6 Å². The number of nitrogens with two attached hydrogens (primary N) is 1. The highest BCUT2D eigenvalue weighted by Crippen LogP contribution is 2.31. The lowest BCUT2D eigenvalue weighted by atomic mass is 9.93. The number of aromatic nitrogens is 8. The molecule has 2 amide bonds. The second-order valence-corrected chi connectivity index (χ2v) is 24.7. The van der Waals surface area contributed by atoms with Gasteiger partial charge >= 0.3 is 5.97 Å². The Kier molecular flexibility index (Phi) is 24.5. The van der Waals surface area contributed by atoms with Crippen molar-refractivity contribution in [3.05, 3.63) is 138 Å². The van der Waals surface area contributed by atoms with Crippen molar-refractivity contribution in [3.8, 4) is 34.7 Å². The maximum Gasteiger partial charge on any atom is 0.335 e. The van der Waals surface area contributed by atoms with E-state index in [1.54, 1.807) is 68.7 Å². The molecule has 3 aromatic carbocycles. The first kappa shape index (κ1) is 70.4. The Morgan fingerprint density at radius 1 is 0.663 bits per heavy atom. The topological polar surface area (TPSA) is 334 Å². The molecule has 4 aromatic heterocycles. The number of carbonyl (C=O) groups is 4. The number of nitriles is 2. The van der Waals surface area contributed by atoms with Gasteiger partial charge in [0.1, 0.15) is 11.4 Å². The third-order valence-corrected chi connectivity index (χ3v) is 14.7. The van der Waals surface area contributed by atoms with Crippen LogP contribution in [0.25, 0.3) is 22.5 Å². The molecule has 89 heavy (non-hydrogen) atoms. The van der Waals surface area contributed by atoms with Crippen LogP contribution in [0.1, 0.15) is 133 Å². The molecular formula is C63H77F2N15O8S. The van der Waals surface area contributed by atoms with E-state index in [9.17, 15) is 36.4 Å². The molecule has 23 nitrogen and oxygen atoms in total. The number of amides is 2. The van der Waals surface area contributed by atoms with Crippen LogP contribution in [0.3, 0.4) is 0 Å². The van der Waals surface area contributed by atoms with Crippen molar-refractivity contribution in [1.29, 1.82) is 10.5 Å². The van der Waals surface area contributed by atoms with Crippen LogP contribution in [0.4, 0.5) is 32.1 Å². The molecule has 2 aliphatic rings. The van der Waals surface area contributed by atoms with Gasteiger partial charge in [0.25, 0.3) is 10.1 Å². The maximum atomic E-state index is 14.6. The van der Waals surface area contributed by atoms with Gasteiger partial charge in [-0.3, -0.25) is 28.3 Å². The van der Waals surface area contributed by atoms with Crippen LogP contribution in [0.2, 0.25) is 0 Å². The molecule has 6 heterocycles. The smallest absolute Gasteiger partial charge is 0.335 e. The van der Waals surface area contributed by atoms with Gasteiger partial charge in [-0.25, -0.2) is 33.5 Å². The number of piperidine rings is 2. The molecule has 0 saturated carbocycles. The summed E-state index contributed by atoms with van der Waals surface area (Å²) in [7, 11) is -4.02. The largest absolute Gasteiger partial charge is 0.478 e. The quantitative estimate of drug-likeness (QED) is 0.0529. The molecule has 2 saturated heterocycles. The van der Waals surface area contributed by atoms with Gasteiger partial charge in [0, 0.05) is 72.5 Å². The number of hydrogen-bond donors (Lipinski definition) is 5. The molecule has 26 heteroatoms. The molecule has 2 atom stereocenters. The first-order chi connectivity index (χ1) is 41.4. The highest BCUT2D eigenvalue weighted by Gasteiger charge is 2.33. The summed E-state index contributed by atoms with van der Waals surface area (Å²) >= 11 is 0. The number of likely N-dealkylation sites (tertiary alicyclic amines) is 2. The fraction of sp³-hybridized carbons (Fsp3) is 0.397. The zero-order chi connectivity index (χ0) is 64.7. The predicted octanol–water partition coefficient (Wildman–Crippen LogP) is 11.0. The summed E-state index contributed by atoms with van der Waals surface area (Å²) in [6, 6.07) is 22.2. The monoisotopic (exact) mass is 1240 g/mol. The Balaban J connectivity index is 0.000000258. The number of aromatic carboxylic acids is 1. The minimum absolute atomic E-state index is 0. The van der Waals surface area contributed by atoms with Crippen molar-refractivity contribution in [1.82, 2.24) is 49.3 Å². The molecule has 0 bridgehead atoms. The summed E-state index contributed by atoms with van der Waals surface area (Å²) in [6.07, 6.45) is 12.6. The molecule has 2 aliphatic heterocycles. The Labute approximate surface area is 517 Å². The number of nitrogens with zero attached hydrogens (tertiary/aromatic N) is 12. The van der Waals surface area contributed by atoms with Crippen LogP contribution in [-0.4, -0.2) is 123 Å². The molecule has 0 spiro atoms. The second-order valence-electron chi connectivity index (χ2n) is 23.3. The van der Waals surface area contributed by atoms with Crippen molar-refractivity contribution < 1.29 is 46.0 Å². The van der Waals surface area contributed by atoms with Crippen molar-refractivity contribution in [2.24, 2.45) is 22.5 Å². The van der Waals surface area contributed by atoms with Crippen LogP contribution in [0, 0.1) is 58.0 Å². The van der Waals surface area contributed by atoms with Gasteiger partial charge in [-0.1, -0.05) is 103 Å². The Morgan fingerprint density at radius 2 is 1.04 bits per heavy atom. The van der Waals surface area contributed by atoms with Crippen molar-refractivity contribution in [2.75, 3.05) is 36.8 Å². The molecular weight excluding hydrogens is 1160 g/mol. The maximum absolute atomic E-state index is 14.6. The van der Waals surface area contributed by atoms with E-state index < -0.39 is 27.7 Å². The van der Waals surface area contributed by atoms with E-state index in [1.807, 2.05) is 80.0 Å². The average Bonchev–Trinajstić information content (AvgIpc) is 3.95. The molecule has 7 aromatic rings. The average molecular weight is 1240 g/mol. The summed E-state index contributed by atoms with van der Waals surface area (Å²) in [5.74, 6) is -2.02. The van der Waals surface area contributed by atoms with Crippen LogP contribution < -0.4 is 16.4 Å². The van der Waals surface area contributed by atoms with Crippen LogP contribution in [0.5, 0.6) is 0 Å². The predicted molar refractivity (Wildman–Crippen MR) is 332 cm³/mol. The zero-order valence-electron chi connectivity index (χ0n) is 50.5. The Bertz CT molecular complexity index is 3740. The second kappa shape index (κ2) is 31.0. The van der Waals surface area contributed by atoms with Gasteiger partial charge in [0.2, 0.25) is 23.7 Å². The standard InChI is InChI=1S/C28H32FN7O2.C24H27FN6O3.C7H8O3S.C3H6N2.CH4/c1-18(14-30)13-24(37)19-5-7-20(8-6-19)25-23(29)16-31-27(34-25)33-21-15-32-36(17-21)22-9-11-35(12-10-22)26(38)28(2,3)4;1-24(2,3)22(34)30-10-8-18(9-11-30)31-14-17(12-27-31)28-23-26-13-19(25)20(29-23)15-4-6-16(7-5-15)21(32)33;1-6-2-4-7(5-3-6)11(8,9)10;1-3(5)2-4;/h5-8,15-18,22H,9-13H2,1-4H3,(H,31,33,34);4-7,12-14,18H,8-11H2,1-3H3,(H,32,33)(H,26,28,29);2-5H,1H3,(H,8,9,10);3H,5H2,1H3;1H4/t18-;;;3-;/m1..0./s1. The van der Waals surface area contributed by atoms with E-state index in [2.05, 4.69) is 46.8 Å². The van der Waals surface area contributed by atoms with Gasteiger partial charge in [0.05, 0.1) is 82.8 Å². The van der Waals surface area contributed by atoms with Gasteiger partial charge in [-0.05, 0) is 70.7 Å². The highest BCUT2D eigenvalue weighted by atomic mass is 32.2. The van der Waals surface area contributed by atoms with Gasteiger partial charge < -0.3 is 31.3 Å². The van der Waals surface area contributed by atoms with Gasteiger partial charge in [-0.15, -0.1) is 0 Å². The summed E-state index contributed by atoms with van der Waals surface area (Å²) in [5.41, 5.74) is 8.13. The minimum atomic E-state index is -4.02. The van der Waals surface area contributed by atoms with Gasteiger partial charge in [-0.2, -0.15) is 29.1 Å². The normalized spacial score (nSPS) is 14.2. The summed E-state index contributed by atoms with van der Waals surface area (Å²) in [4.78, 5) is 68.8. The van der Waals surface area contributed by atoms with E-state index in [0.29, 0.717) is 54.2 Å². The van der Waals surface area contributed by atoms with E-state index in [4.69, 9.17) is 25.9 Å². The molecule has 472 valence electrons. The number of nitrogens with one attached hydrogen (secondary N) is 2. The lowest BCUT2D eigenvalue weighted by Crippen LogP contribution is -2.44. The third-order valence-electron chi connectivity index (χ3n) is 13.9. The van der Waals surface area contributed by atoms with Crippen molar-refractivity contribution in [2.45, 2.75) is 125 Å². The minimum Gasteiger partial charge on any atom is -0.478 e. The number of hydrogen-bond acceptors (Lipinski definition) is 17. The third kappa shape index (κ3) is 20.3. The van der Waals surface area contributed by atoms with E-state index >= 15 is 0 Å². The highest BCUT2D eigenvalue weighted by molar-refractivity contribution is 7.85. The lowest BCUT2D eigenvalue weighted by Gasteiger charge is -2.35. The molecule has 2 fully saturated rings. The fourth-order valence-corrected chi connectivity index (χ4v) is 9.55. The van der Waals surface area contributed by atoms with Crippen molar-refractivity contribution >= 4 is 57.0 Å². The van der Waals surface area contributed by atoms with Gasteiger partial charge in [0.15, 0.2) is 17.4 Å². The number of halogens is 2. The molecule has 0 unspecified atom stereocenters. The molecule has 0 radical (unpaired) electrons. The number of carbonyl (C=O) groups excluding carboxylic acids is 3. The van der Waals surface area contributed by atoms with E-state index in [1.165, 1.54) is 36.4 Å². The number of anilines is 4. The first-order valence-corrected chi connectivity index (χ1v) is 29.7. The number of aryl methyl sites for hydroxylation is 1. The van der Waals surface area contributed by atoms with Crippen LogP contribution in [0.15, 0.2) is 115 Å². The SMILES string of the molecule is C.CC(C)(C)C(=O)N1CCC(n2cc(Nc3ncc(F)c(-c4ccc(C(=O)O)cc4)n3)cn2)CC1.C[C@@H](C#N)CC(=O)c1ccc(-c2nc(Nc3cnn(C4CCN(C(=O)C(C)(C)C)CC4)c3)ncc2F)cc1.C[C@H](N)C#N.Cc1ccc(S(=O)(=O)O)cc1. The molecule has 9 rings (SSSR count). The number of rotatable bonds is 13. The number of carboxylic acid groups (broad SMARTS) is 1. The Morgan fingerprint density at radius 3 is 1.38 bits per heavy atom. The van der Waals surface area contributed by atoms with Crippen LogP contribution >= 0.6 is 0 Å². The number of benzene rings is 3. The summed E-state index contributed by atoms with van der Waals surface area (Å²) < 4.78 is 62.2.